The van der Waals surface area contributed by atoms with Gasteiger partial charge >= 0.3 is 0 Å². The van der Waals surface area contributed by atoms with E-state index in [1.807, 2.05) is 0 Å². The van der Waals surface area contributed by atoms with Crippen LogP contribution in [0.1, 0.15) is 55.4 Å². The highest BCUT2D eigenvalue weighted by Crippen LogP contribution is 2.27. The van der Waals surface area contributed by atoms with Gasteiger partial charge in [0.1, 0.15) is 0 Å². The SMILES string of the molecule is CCC(NCC1CCCO1)C(O)c1ccc2c(c1)CCC2. The molecule has 1 aliphatic carbocycles. The van der Waals surface area contributed by atoms with Gasteiger partial charge in [-0.05, 0) is 55.2 Å². The highest BCUT2D eigenvalue weighted by molar-refractivity contribution is 5.36. The van der Waals surface area contributed by atoms with Crippen LogP contribution in [0.15, 0.2) is 18.2 Å². The van der Waals surface area contributed by atoms with Gasteiger partial charge in [-0.15, -0.1) is 0 Å². The molecule has 1 fully saturated rings. The molecule has 0 bridgehead atoms. The molecule has 1 aromatic rings. The van der Waals surface area contributed by atoms with Crippen molar-refractivity contribution < 1.29 is 9.84 Å². The number of hydrogen-bond acceptors (Lipinski definition) is 3. The van der Waals surface area contributed by atoms with Crippen molar-refractivity contribution in [3.8, 4) is 0 Å². The van der Waals surface area contributed by atoms with Gasteiger partial charge in [0.15, 0.2) is 0 Å². The Kier molecular flexibility index (Phi) is 4.94. The predicted molar refractivity (Wildman–Crippen MR) is 84.5 cm³/mol. The molecule has 2 aliphatic rings. The summed E-state index contributed by atoms with van der Waals surface area (Å²) in [7, 11) is 0. The zero-order chi connectivity index (χ0) is 14.7. The third-order valence-electron chi connectivity index (χ3n) is 4.92. The number of rotatable bonds is 6. The van der Waals surface area contributed by atoms with Gasteiger partial charge in [-0.3, -0.25) is 0 Å². The van der Waals surface area contributed by atoms with Crippen LogP contribution in [0.25, 0.3) is 0 Å². The predicted octanol–water partition coefficient (Wildman–Crippen LogP) is 2.76. The highest BCUT2D eigenvalue weighted by Gasteiger charge is 2.23. The lowest BCUT2D eigenvalue weighted by atomic mass is 9.96. The molecule has 3 nitrogen and oxygen atoms in total. The van der Waals surface area contributed by atoms with Crippen LogP contribution in [0.3, 0.4) is 0 Å². The lowest BCUT2D eigenvalue weighted by molar-refractivity contribution is 0.0866. The summed E-state index contributed by atoms with van der Waals surface area (Å²) in [4.78, 5) is 0. The quantitative estimate of drug-likeness (QED) is 0.846. The van der Waals surface area contributed by atoms with Crippen molar-refractivity contribution in [3.05, 3.63) is 34.9 Å². The van der Waals surface area contributed by atoms with Crippen LogP contribution in [0.5, 0.6) is 0 Å². The number of benzene rings is 1. The lowest BCUT2D eigenvalue weighted by Crippen LogP contribution is -2.39. The van der Waals surface area contributed by atoms with Gasteiger partial charge in [-0.2, -0.15) is 0 Å². The largest absolute Gasteiger partial charge is 0.387 e. The Labute approximate surface area is 127 Å². The van der Waals surface area contributed by atoms with Crippen molar-refractivity contribution in [2.24, 2.45) is 0 Å². The van der Waals surface area contributed by atoms with E-state index in [0.29, 0.717) is 6.10 Å². The Balaban J connectivity index is 1.62. The van der Waals surface area contributed by atoms with Gasteiger partial charge < -0.3 is 15.2 Å². The number of nitrogens with one attached hydrogen (secondary N) is 1. The van der Waals surface area contributed by atoms with Crippen LogP contribution in [0.4, 0.5) is 0 Å². The number of aliphatic hydroxyl groups is 1. The summed E-state index contributed by atoms with van der Waals surface area (Å²) < 4.78 is 5.65. The molecule has 0 amide bonds. The standard InChI is InChI=1S/C18H27NO2/c1-2-17(19-12-16-7-4-10-21-16)18(20)15-9-8-13-5-3-6-14(13)11-15/h8-9,11,16-20H,2-7,10,12H2,1H3. The van der Waals surface area contributed by atoms with E-state index in [2.05, 4.69) is 30.4 Å². The molecule has 1 aromatic carbocycles. The fourth-order valence-corrected chi connectivity index (χ4v) is 3.58. The van der Waals surface area contributed by atoms with Crippen molar-refractivity contribution in [2.45, 2.75) is 63.7 Å². The summed E-state index contributed by atoms with van der Waals surface area (Å²) in [6.07, 6.45) is 6.73. The Morgan fingerprint density at radius 2 is 2.14 bits per heavy atom. The molecule has 3 rings (SSSR count). The second-order valence-electron chi connectivity index (χ2n) is 6.38. The van der Waals surface area contributed by atoms with E-state index < -0.39 is 6.10 Å². The van der Waals surface area contributed by atoms with Crippen molar-refractivity contribution in [1.29, 1.82) is 0 Å². The van der Waals surface area contributed by atoms with E-state index in [1.54, 1.807) is 0 Å². The van der Waals surface area contributed by atoms with Gasteiger partial charge in [0.25, 0.3) is 0 Å². The fourth-order valence-electron chi connectivity index (χ4n) is 3.58. The highest BCUT2D eigenvalue weighted by atomic mass is 16.5. The van der Waals surface area contributed by atoms with E-state index in [1.165, 1.54) is 24.0 Å². The van der Waals surface area contributed by atoms with Gasteiger partial charge in [-0.25, -0.2) is 0 Å². The Hall–Kier alpha value is -0.900. The number of hydrogen-bond donors (Lipinski definition) is 2. The van der Waals surface area contributed by atoms with Crippen molar-refractivity contribution in [1.82, 2.24) is 5.32 Å². The van der Waals surface area contributed by atoms with Gasteiger partial charge in [0.2, 0.25) is 0 Å². The minimum Gasteiger partial charge on any atom is -0.387 e. The topological polar surface area (TPSA) is 41.5 Å². The first-order valence-electron chi connectivity index (χ1n) is 8.42. The van der Waals surface area contributed by atoms with Crippen LogP contribution in [0.2, 0.25) is 0 Å². The van der Waals surface area contributed by atoms with Crippen LogP contribution in [0, 0.1) is 0 Å². The molecule has 1 aliphatic heterocycles. The molecule has 3 unspecified atom stereocenters. The fraction of sp³-hybridized carbons (Fsp3) is 0.667. The molecule has 21 heavy (non-hydrogen) atoms. The zero-order valence-corrected chi connectivity index (χ0v) is 13.0. The molecule has 3 heteroatoms. The summed E-state index contributed by atoms with van der Waals surface area (Å²) in [6.45, 7) is 3.86. The van der Waals surface area contributed by atoms with E-state index >= 15 is 0 Å². The third kappa shape index (κ3) is 3.47. The minimum absolute atomic E-state index is 0.105. The molecule has 0 saturated carbocycles. The van der Waals surface area contributed by atoms with Gasteiger partial charge in [0, 0.05) is 19.2 Å². The first-order chi connectivity index (χ1) is 10.3. The second-order valence-corrected chi connectivity index (χ2v) is 6.38. The smallest absolute Gasteiger partial charge is 0.0942 e. The normalized spacial score (nSPS) is 24.0. The van der Waals surface area contributed by atoms with Crippen LogP contribution >= 0.6 is 0 Å². The Morgan fingerprint density at radius 3 is 2.90 bits per heavy atom. The molecule has 3 atom stereocenters. The molecule has 1 saturated heterocycles. The second kappa shape index (κ2) is 6.91. The molecule has 0 radical (unpaired) electrons. The van der Waals surface area contributed by atoms with E-state index in [9.17, 15) is 5.11 Å². The summed E-state index contributed by atoms with van der Waals surface area (Å²) in [6, 6.07) is 6.62. The van der Waals surface area contributed by atoms with E-state index in [4.69, 9.17) is 4.74 Å². The molecular weight excluding hydrogens is 262 g/mol. The van der Waals surface area contributed by atoms with Gasteiger partial charge in [0.05, 0.1) is 12.2 Å². The van der Waals surface area contributed by atoms with Crippen molar-refractivity contribution in [3.63, 3.8) is 0 Å². The van der Waals surface area contributed by atoms with Crippen molar-refractivity contribution >= 4 is 0 Å². The average Bonchev–Trinajstić information content (AvgIpc) is 3.18. The number of aryl methyl sites for hydroxylation is 2. The monoisotopic (exact) mass is 289 g/mol. The molecule has 116 valence electrons. The number of ether oxygens (including phenoxy) is 1. The van der Waals surface area contributed by atoms with Gasteiger partial charge in [-0.1, -0.05) is 25.1 Å². The maximum absolute atomic E-state index is 10.7. The van der Waals surface area contributed by atoms with E-state index in [-0.39, 0.29) is 6.04 Å². The van der Waals surface area contributed by atoms with Crippen LogP contribution in [-0.4, -0.2) is 30.4 Å². The lowest BCUT2D eigenvalue weighted by Gasteiger charge is -2.25. The maximum Gasteiger partial charge on any atom is 0.0942 e. The maximum atomic E-state index is 10.7. The molecule has 2 N–H and O–H groups in total. The molecule has 0 aromatic heterocycles. The Bertz CT molecular complexity index is 468. The van der Waals surface area contributed by atoms with E-state index in [0.717, 1.165) is 44.4 Å². The molecule has 1 heterocycles. The van der Waals surface area contributed by atoms with Crippen molar-refractivity contribution in [2.75, 3.05) is 13.2 Å². The molecule has 0 spiro atoms. The van der Waals surface area contributed by atoms with Crippen LogP contribution < -0.4 is 5.32 Å². The third-order valence-corrected chi connectivity index (χ3v) is 4.92. The first kappa shape index (κ1) is 15.0. The first-order valence-corrected chi connectivity index (χ1v) is 8.42. The minimum atomic E-state index is -0.428. The summed E-state index contributed by atoms with van der Waals surface area (Å²) >= 11 is 0. The number of fused-ring (bicyclic) bond motifs is 1. The molecular formula is C18H27NO2. The summed E-state index contributed by atoms with van der Waals surface area (Å²) in [5.74, 6) is 0. The van der Waals surface area contributed by atoms with Crippen LogP contribution in [-0.2, 0) is 17.6 Å². The average molecular weight is 289 g/mol. The summed E-state index contributed by atoms with van der Waals surface area (Å²) in [5, 5.41) is 14.2. The zero-order valence-electron chi connectivity index (χ0n) is 13.0. The number of aliphatic hydroxyl groups excluding tert-OH is 1. The summed E-state index contributed by atoms with van der Waals surface area (Å²) in [5.41, 5.74) is 3.95. The Morgan fingerprint density at radius 1 is 1.29 bits per heavy atom.